The van der Waals surface area contributed by atoms with Gasteiger partial charge in [0.1, 0.15) is 0 Å². The number of piperidine rings is 1. The maximum Gasteiger partial charge on any atom is 0.0475 e. The molecule has 2 aromatic rings. The molecule has 19 heavy (non-hydrogen) atoms. The van der Waals surface area contributed by atoms with Gasteiger partial charge in [-0.15, -0.1) is 0 Å². The first-order chi connectivity index (χ1) is 9.16. The Morgan fingerprint density at radius 1 is 1.21 bits per heavy atom. The minimum atomic E-state index is 0.517. The topological polar surface area (TPSA) is 27.8 Å². The van der Waals surface area contributed by atoms with Crippen molar-refractivity contribution >= 4 is 10.9 Å². The van der Waals surface area contributed by atoms with Gasteiger partial charge in [0.2, 0.25) is 0 Å². The fourth-order valence-corrected chi connectivity index (χ4v) is 3.17. The minimum Gasteiger partial charge on any atom is -0.357 e. The number of aryl methyl sites for hydroxylation is 1. The Hall–Kier alpha value is -1.28. The van der Waals surface area contributed by atoms with E-state index in [9.17, 15) is 0 Å². The third-order valence-electron chi connectivity index (χ3n) is 4.45. The monoisotopic (exact) mass is 256 g/mol. The molecule has 0 radical (unpaired) electrons. The highest BCUT2D eigenvalue weighted by Gasteiger charge is 2.19. The van der Waals surface area contributed by atoms with E-state index in [1.165, 1.54) is 47.0 Å². The molecule has 1 aliphatic heterocycles. The molecule has 0 bridgehead atoms. The Morgan fingerprint density at radius 2 is 2.05 bits per heavy atom. The molecule has 1 fully saturated rings. The first-order valence-electron chi connectivity index (χ1n) is 7.52. The van der Waals surface area contributed by atoms with Crippen molar-refractivity contribution in [1.29, 1.82) is 0 Å². The lowest BCUT2D eigenvalue weighted by Gasteiger charge is -2.23. The fraction of sp³-hybridized carbons (Fsp3) is 0.529. The van der Waals surface area contributed by atoms with Crippen molar-refractivity contribution in [2.75, 3.05) is 6.54 Å². The predicted octanol–water partition coefficient (Wildman–Crippen LogP) is 4.41. The van der Waals surface area contributed by atoms with Gasteiger partial charge in [-0.3, -0.25) is 0 Å². The zero-order valence-electron chi connectivity index (χ0n) is 12.2. The average molecular weight is 256 g/mol. The smallest absolute Gasteiger partial charge is 0.0475 e. The first-order valence-corrected chi connectivity index (χ1v) is 7.52. The second-order valence-corrected chi connectivity index (χ2v) is 6.13. The van der Waals surface area contributed by atoms with Gasteiger partial charge < -0.3 is 10.3 Å². The third kappa shape index (κ3) is 2.30. The minimum absolute atomic E-state index is 0.517. The van der Waals surface area contributed by atoms with Crippen molar-refractivity contribution in [3.63, 3.8) is 0 Å². The van der Waals surface area contributed by atoms with E-state index in [0.29, 0.717) is 12.0 Å². The Morgan fingerprint density at radius 3 is 2.74 bits per heavy atom. The number of H-pyrrole nitrogens is 1. The van der Waals surface area contributed by atoms with Gasteiger partial charge in [0.15, 0.2) is 0 Å². The molecule has 1 aliphatic rings. The summed E-state index contributed by atoms with van der Waals surface area (Å²) in [6.45, 7) is 7.92. The van der Waals surface area contributed by atoms with Crippen LogP contribution in [0.5, 0.6) is 0 Å². The second-order valence-electron chi connectivity index (χ2n) is 6.13. The number of benzene rings is 1. The van der Waals surface area contributed by atoms with Gasteiger partial charge in [0, 0.05) is 22.6 Å². The van der Waals surface area contributed by atoms with Crippen LogP contribution in [0.3, 0.4) is 0 Å². The summed E-state index contributed by atoms with van der Waals surface area (Å²) in [5.41, 5.74) is 5.54. The highest BCUT2D eigenvalue weighted by Crippen LogP contribution is 2.31. The van der Waals surface area contributed by atoms with Crippen molar-refractivity contribution in [1.82, 2.24) is 10.3 Å². The largest absolute Gasteiger partial charge is 0.357 e. The van der Waals surface area contributed by atoms with Crippen LogP contribution in [0.15, 0.2) is 18.2 Å². The van der Waals surface area contributed by atoms with E-state index in [4.69, 9.17) is 0 Å². The van der Waals surface area contributed by atoms with Crippen LogP contribution >= 0.6 is 0 Å². The van der Waals surface area contributed by atoms with Crippen molar-refractivity contribution < 1.29 is 0 Å². The molecule has 2 nitrogen and oxygen atoms in total. The first kappa shape index (κ1) is 12.7. The molecule has 1 aromatic carbocycles. The van der Waals surface area contributed by atoms with Crippen LogP contribution in [0, 0.1) is 6.92 Å². The maximum atomic E-state index is 3.64. The number of nitrogens with one attached hydrogen (secondary N) is 2. The van der Waals surface area contributed by atoms with Gasteiger partial charge >= 0.3 is 0 Å². The Balaban J connectivity index is 2.04. The zero-order chi connectivity index (χ0) is 13.4. The standard InChI is InChI=1S/C17H24N2/c1-11(2)13-7-8-15-14(10-13)12(3)17(19-15)16-6-4-5-9-18-16/h7-8,10-11,16,18-19H,4-6,9H2,1-3H3. The van der Waals surface area contributed by atoms with Crippen molar-refractivity contribution in [3.8, 4) is 0 Å². The number of aromatic nitrogens is 1. The number of aromatic amines is 1. The van der Waals surface area contributed by atoms with Crippen molar-refractivity contribution in [2.45, 2.75) is 52.0 Å². The summed E-state index contributed by atoms with van der Waals surface area (Å²) in [6.07, 6.45) is 3.90. The van der Waals surface area contributed by atoms with E-state index in [1.807, 2.05) is 0 Å². The van der Waals surface area contributed by atoms with Crippen LogP contribution in [0.4, 0.5) is 0 Å². The summed E-state index contributed by atoms with van der Waals surface area (Å²) in [5.74, 6) is 0.593. The van der Waals surface area contributed by atoms with Gasteiger partial charge in [-0.25, -0.2) is 0 Å². The molecule has 1 unspecified atom stereocenters. The van der Waals surface area contributed by atoms with Gasteiger partial charge in [0.25, 0.3) is 0 Å². The summed E-state index contributed by atoms with van der Waals surface area (Å²) in [7, 11) is 0. The molecule has 1 atom stereocenters. The number of hydrogen-bond donors (Lipinski definition) is 2. The fourth-order valence-electron chi connectivity index (χ4n) is 3.17. The van der Waals surface area contributed by atoms with Crippen LogP contribution in [0.25, 0.3) is 10.9 Å². The van der Waals surface area contributed by atoms with Gasteiger partial charge in [-0.1, -0.05) is 26.3 Å². The van der Waals surface area contributed by atoms with Crippen LogP contribution in [0.2, 0.25) is 0 Å². The van der Waals surface area contributed by atoms with E-state index in [-0.39, 0.29) is 0 Å². The molecular formula is C17H24N2. The van der Waals surface area contributed by atoms with E-state index in [2.05, 4.69) is 49.3 Å². The zero-order valence-corrected chi connectivity index (χ0v) is 12.2. The highest BCUT2D eigenvalue weighted by molar-refractivity contribution is 5.85. The lowest BCUT2D eigenvalue weighted by Crippen LogP contribution is -2.27. The van der Waals surface area contributed by atoms with E-state index in [0.717, 1.165) is 6.54 Å². The summed E-state index contributed by atoms with van der Waals surface area (Å²) in [6, 6.07) is 7.37. The second kappa shape index (κ2) is 5.01. The summed E-state index contributed by atoms with van der Waals surface area (Å²) >= 11 is 0. The predicted molar refractivity (Wildman–Crippen MR) is 81.7 cm³/mol. The Labute approximate surface area is 115 Å². The van der Waals surface area contributed by atoms with Gasteiger partial charge in [-0.2, -0.15) is 0 Å². The third-order valence-corrected chi connectivity index (χ3v) is 4.45. The number of rotatable bonds is 2. The number of fused-ring (bicyclic) bond motifs is 1. The van der Waals surface area contributed by atoms with Crippen LogP contribution < -0.4 is 5.32 Å². The summed E-state index contributed by atoms with van der Waals surface area (Å²) < 4.78 is 0. The molecule has 1 aromatic heterocycles. The molecule has 0 saturated carbocycles. The molecule has 3 rings (SSSR count). The Kier molecular flexibility index (Phi) is 3.36. The van der Waals surface area contributed by atoms with Crippen LogP contribution in [-0.2, 0) is 0 Å². The van der Waals surface area contributed by atoms with Gasteiger partial charge in [-0.05, 0) is 55.5 Å². The highest BCUT2D eigenvalue weighted by atomic mass is 15.0. The quantitative estimate of drug-likeness (QED) is 0.818. The molecule has 102 valence electrons. The summed E-state index contributed by atoms with van der Waals surface area (Å²) in [5, 5.41) is 5.04. The maximum absolute atomic E-state index is 3.64. The molecule has 0 amide bonds. The van der Waals surface area contributed by atoms with Crippen LogP contribution in [-0.4, -0.2) is 11.5 Å². The molecule has 0 spiro atoms. The molecule has 1 saturated heterocycles. The van der Waals surface area contributed by atoms with Gasteiger partial charge in [0.05, 0.1) is 0 Å². The molecule has 2 heterocycles. The number of hydrogen-bond acceptors (Lipinski definition) is 1. The van der Waals surface area contributed by atoms with E-state index >= 15 is 0 Å². The lowest BCUT2D eigenvalue weighted by molar-refractivity contribution is 0.405. The van der Waals surface area contributed by atoms with Crippen molar-refractivity contribution in [2.24, 2.45) is 0 Å². The molecule has 2 N–H and O–H groups in total. The van der Waals surface area contributed by atoms with Crippen LogP contribution in [0.1, 0.15) is 61.9 Å². The summed E-state index contributed by atoms with van der Waals surface area (Å²) in [4.78, 5) is 3.64. The average Bonchev–Trinajstić information content (AvgIpc) is 2.77. The molecule has 2 heteroatoms. The van der Waals surface area contributed by atoms with Crippen molar-refractivity contribution in [3.05, 3.63) is 35.0 Å². The molecule has 0 aliphatic carbocycles. The van der Waals surface area contributed by atoms with E-state index in [1.54, 1.807) is 0 Å². The normalized spacial score (nSPS) is 20.3. The lowest BCUT2D eigenvalue weighted by atomic mass is 9.97. The Bertz CT molecular complexity index is 574. The van der Waals surface area contributed by atoms with E-state index < -0.39 is 0 Å². The SMILES string of the molecule is Cc1c(C2CCCCN2)[nH]c2ccc(C(C)C)cc12. The molecular weight excluding hydrogens is 232 g/mol.